The van der Waals surface area contributed by atoms with E-state index in [1.165, 1.54) is 12.1 Å². The van der Waals surface area contributed by atoms with Gasteiger partial charge in [-0.15, -0.1) is 0 Å². The van der Waals surface area contributed by atoms with E-state index in [-0.39, 0.29) is 23.8 Å². The van der Waals surface area contributed by atoms with Gasteiger partial charge in [0.15, 0.2) is 0 Å². The minimum absolute atomic E-state index is 0.0934. The molecule has 2 atom stereocenters. The van der Waals surface area contributed by atoms with Crippen molar-refractivity contribution in [2.75, 3.05) is 6.61 Å². The smallest absolute Gasteiger partial charge is 0.251 e. The third kappa shape index (κ3) is 3.20. The number of phenolic OH excluding ortho intramolecular Hbond substituents is 1. The van der Waals surface area contributed by atoms with Gasteiger partial charge in [-0.2, -0.15) is 0 Å². The Bertz CT molecular complexity index is 388. The van der Waals surface area contributed by atoms with Gasteiger partial charge in [0.1, 0.15) is 5.75 Å². The fourth-order valence-corrected chi connectivity index (χ4v) is 2.01. The first-order valence-electron chi connectivity index (χ1n) is 5.86. The maximum Gasteiger partial charge on any atom is 0.251 e. The van der Waals surface area contributed by atoms with E-state index in [0.717, 1.165) is 12.8 Å². The predicted octanol–water partition coefficient (Wildman–Crippen LogP) is 1.69. The molecule has 2 rings (SSSR count). The predicted molar refractivity (Wildman–Crippen MR) is 64.0 cm³/mol. The lowest BCUT2D eigenvalue weighted by Crippen LogP contribution is -2.41. The summed E-state index contributed by atoms with van der Waals surface area (Å²) in [5.74, 6) is 0.0744. The quantitative estimate of drug-likeness (QED) is 0.820. The molecular weight excluding hydrogens is 218 g/mol. The topological polar surface area (TPSA) is 58.6 Å². The zero-order valence-corrected chi connectivity index (χ0v) is 9.85. The van der Waals surface area contributed by atoms with Crippen molar-refractivity contribution in [2.45, 2.75) is 31.9 Å². The van der Waals surface area contributed by atoms with Crippen LogP contribution in [0.1, 0.15) is 30.1 Å². The summed E-state index contributed by atoms with van der Waals surface area (Å²) >= 11 is 0. The fourth-order valence-electron chi connectivity index (χ4n) is 2.01. The Kier molecular flexibility index (Phi) is 3.64. The van der Waals surface area contributed by atoms with Crippen LogP contribution in [0, 0.1) is 0 Å². The Morgan fingerprint density at radius 2 is 2.12 bits per heavy atom. The second-order valence-corrected chi connectivity index (χ2v) is 4.42. The molecule has 17 heavy (non-hydrogen) atoms. The van der Waals surface area contributed by atoms with Crippen LogP contribution >= 0.6 is 0 Å². The fraction of sp³-hybridized carbons (Fsp3) is 0.462. The number of carbonyl (C=O) groups is 1. The third-order valence-corrected chi connectivity index (χ3v) is 2.95. The molecule has 4 heteroatoms. The number of aromatic hydroxyl groups is 1. The lowest BCUT2D eigenvalue weighted by atomic mass is 10.0. The van der Waals surface area contributed by atoms with Crippen LogP contribution in [0.15, 0.2) is 24.3 Å². The van der Waals surface area contributed by atoms with Crippen molar-refractivity contribution in [3.05, 3.63) is 29.8 Å². The van der Waals surface area contributed by atoms with Crippen LogP contribution in [0.4, 0.5) is 0 Å². The number of amides is 1. The highest BCUT2D eigenvalue weighted by molar-refractivity contribution is 5.94. The molecule has 0 aliphatic carbocycles. The van der Waals surface area contributed by atoms with Gasteiger partial charge in [-0.05, 0) is 44.0 Å². The SMILES string of the molecule is CC1CC(NC(=O)c2ccc(O)cc2)CCO1. The normalized spacial score (nSPS) is 24.3. The highest BCUT2D eigenvalue weighted by atomic mass is 16.5. The monoisotopic (exact) mass is 235 g/mol. The van der Waals surface area contributed by atoms with Crippen LogP contribution in [0.3, 0.4) is 0 Å². The van der Waals surface area contributed by atoms with E-state index in [4.69, 9.17) is 9.84 Å². The molecule has 1 aliphatic heterocycles. The summed E-state index contributed by atoms with van der Waals surface area (Å²) < 4.78 is 5.43. The van der Waals surface area contributed by atoms with Crippen molar-refractivity contribution in [1.82, 2.24) is 5.32 Å². The Hall–Kier alpha value is -1.55. The summed E-state index contributed by atoms with van der Waals surface area (Å²) in [6.07, 6.45) is 1.91. The number of rotatable bonds is 2. The molecule has 1 saturated heterocycles. The van der Waals surface area contributed by atoms with Gasteiger partial charge in [0.05, 0.1) is 6.10 Å². The van der Waals surface area contributed by atoms with Crippen molar-refractivity contribution < 1.29 is 14.6 Å². The number of phenols is 1. The van der Waals surface area contributed by atoms with Crippen LogP contribution < -0.4 is 5.32 Å². The van der Waals surface area contributed by atoms with Gasteiger partial charge >= 0.3 is 0 Å². The number of ether oxygens (including phenoxy) is 1. The highest BCUT2D eigenvalue weighted by Gasteiger charge is 2.21. The molecule has 1 aromatic rings. The lowest BCUT2D eigenvalue weighted by Gasteiger charge is -2.27. The Balaban J connectivity index is 1.94. The Labute approximate surface area is 101 Å². The second-order valence-electron chi connectivity index (χ2n) is 4.42. The summed E-state index contributed by atoms with van der Waals surface area (Å²) in [5, 5.41) is 12.1. The van der Waals surface area contributed by atoms with Crippen LogP contribution in [0.5, 0.6) is 5.75 Å². The first-order chi connectivity index (χ1) is 8.15. The highest BCUT2D eigenvalue weighted by Crippen LogP contribution is 2.14. The van der Waals surface area contributed by atoms with Gasteiger partial charge < -0.3 is 15.2 Å². The maximum atomic E-state index is 11.9. The summed E-state index contributed by atoms with van der Waals surface area (Å²) in [6, 6.07) is 6.45. The molecular formula is C13H17NO3. The zero-order valence-electron chi connectivity index (χ0n) is 9.85. The molecule has 1 amide bonds. The third-order valence-electron chi connectivity index (χ3n) is 2.95. The molecule has 0 aromatic heterocycles. The molecule has 92 valence electrons. The summed E-state index contributed by atoms with van der Waals surface area (Å²) in [5.41, 5.74) is 0.571. The van der Waals surface area contributed by atoms with E-state index in [0.29, 0.717) is 12.2 Å². The molecule has 2 unspecified atom stereocenters. The van der Waals surface area contributed by atoms with Crippen molar-refractivity contribution in [2.24, 2.45) is 0 Å². The van der Waals surface area contributed by atoms with Gasteiger partial charge in [-0.3, -0.25) is 4.79 Å². The molecule has 4 nitrogen and oxygen atoms in total. The molecule has 1 aliphatic rings. The molecule has 0 spiro atoms. The number of nitrogens with one attached hydrogen (secondary N) is 1. The molecule has 0 bridgehead atoms. The van der Waals surface area contributed by atoms with Crippen molar-refractivity contribution in [3.63, 3.8) is 0 Å². The number of hydrogen-bond acceptors (Lipinski definition) is 3. The van der Waals surface area contributed by atoms with E-state index in [1.807, 2.05) is 6.92 Å². The van der Waals surface area contributed by atoms with Crippen molar-refractivity contribution in [1.29, 1.82) is 0 Å². The van der Waals surface area contributed by atoms with Crippen molar-refractivity contribution in [3.8, 4) is 5.75 Å². The zero-order chi connectivity index (χ0) is 12.3. The summed E-state index contributed by atoms with van der Waals surface area (Å²) in [7, 11) is 0. The summed E-state index contributed by atoms with van der Waals surface area (Å²) in [6.45, 7) is 2.71. The van der Waals surface area contributed by atoms with Crippen LogP contribution in [0.2, 0.25) is 0 Å². The first-order valence-corrected chi connectivity index (χ1v) is 5.86. The van der Waals surface area contributed by atoms with Gasteiger partial charge in [-0.25, -0.2) is 0 Å². The van der Waals surface area contributed by atoms with Gasteiger partial charge in [-0.1, -0.05) is 0 Å². The standard InChI is InChI=1S/C13H17NO3/c1-9-8-11(6-7-17-9)14-13(16)10-2-4-12(15)5-3-10/h2-5,9,11,15H,6-8H2,1H3,(H,14,16). The number of carbonyl (C=O) groups excluding carboxylic acids is 1. The minimum Gasteiger partial charge on any atom is -0.508 e. The molecule has 1 fully saturated rings. The van der Waals surface area contributed by atoms with Crippen LogP contribution in [0.25, 0.3) is 0 Å². The Morgan fingerprint density at radius 3 is 2.76 bits per heavy atom. The van der Waals surface area contributed by atoms with Crippen molar-refractivity contribution >= 4 is 5.91 Å². The van der Waals surface area contributed by atoms with E-state index < -0.39 is 0 Å². The van der Waals surface area contributed by atoms with E-state index >= 15 is 0 Å². The molecule has 1 aromatic carbocycles. The van der Waals surface area contributed by atoms with E-state index in [9.17, 15) is 4.79 Å². The molecule has 2 N–H and O–H groups in total. The van der Waals surface area contributed by atoms with E-state index in [2.05, 4.69) is 5.32 Å². The molecule has 0 saturated carbocycles. The average Bonchev–Trinajstić information content (AvgIpc) is 2.29. The minimum atomic E-state index is -0.0934. The Morgan fingerprint density at radius 1 is 1.41 bits per heavy atom. The van der Waals surface area contributed by atoms with Gasteiger partial charge in [0.25, 0.3) is 5.91 Å². The molecule has 0 radical (unpaired) electrons. The first kappa shape index (κ1) is 11.9. The number of benzene rings is 1. The van der Waals surface area contributed by atoms with Gasteiger partial charge in [0.2, 0.25) is 0 Å². The molecule has 1 heterocycles. The van der Waals surface area contributed by atoms with Gasteiger partial charge in [0, 0.05) is 18.2 Å². The second kappa shape index (κ2) is 5.19. The average molecular weight is 235 g/mol. The lowest BCUT2D eigenvalue weighted by molar-refractivity contribution is 0.0136. The summed E-state index contributed by atoms with van der Waals surface area (Å²) in [4.78, 5) is 11.9. The van der Waals surface area contributed by atoms with Crippen LogP contribution in [-0.4, -0.2) is 29.8 Å². The van der Waals surface area contributed by atoms with Crippen LogP contribution in [-0.2, 0) is 4.74 Å². The van der Waals surface area contributed by atoms with E-state index in [1.54, 1.807) is 12.1 Å². The number of hydrogen-bond donors (Lipinski definition) is 2. The maximum absolute atomic E-state index is 11.9. The largest absolute Gasteiger partial charge is 0.508 e.